The van der Waals surface area contributed by atoms with Gasteiger partial charge in [0.15, 0.2) is 0 Å². The van der Waals surface area contributed by atoms with Crippen LogP contribution in [-0.2, 0) is 13.0 Å². The quantitative estimate of drug-likeness (QED) is 0.524. The van der Waals surface area contributed by atoms with Crippen molar-refractivity contribution in [1.82, 2.24) is 9.47 Å². The van der Waals surface area contributed by atoms with Crippen LogP contribution in [0.2, 0.25) is 0 Å². The van der Waals surface area contributed by atoms with Gasteiger partial charge in [0.25, 0.3) is 0 Å². The molecule has 0 spiro atoms. The summed E-state index contributed by atoms with van der Waals surface area (Å²) in [6.45, 7) is 2.05. The van der Waals surface area contributed by atoms with Crippen LogP contribution in [0.3, 0.4) is 0 Å². The smallest absolute Gasteiger partial charge is 0.0498 e. The van der Waals surface area contributed by atoms with E-state index in [9.17, 15) is 0 Å². The van der Waals surface area contributed by atoms with E-state index >= 15 is 0 Å². The summed E-state index contributed by atoms with van der Waals surface area (Å²) < 4.78 is 3.67. The molecule has 0 N–H and O–H groups in total. The summed E-state index contributed by atoms with van der Waals surface area (Å²) in [6.07, 6.45) is 1.07. The summed E-state index contributed by atoms with van der Waals surface area (Å²) in [5.74, 6) is 0. The number of nitrogens with zero attached hydrogens (tertiary/aromatic N) is 2. The number of benzene rings is 2. The van der Waals surface area contributed by atoms with Crippen LogP contribution in [0, 0.1) is 0 Å². The highest BCUT2D eigenvalue weighted by atomic mass is 79.9. The van der Waals surface area contributed by atoms with Gasteiger partial charge in [0.05, 0.1) is 0 Å². The minimum Gasteiger partial charge on any atom is -0.336 e. The Balaban J connectivity index is 1.89. The zero-order valence-corrected chi connectivity index (χ0v) is 14.5. The number of aromatic nitrogens is 1. The lowest BCUT2D eigenvalue weighted by Gasteiger charge is -2.12. The van der Waals surface area contributed by atoms with Gasteiger partial charge in [0, 0.05) is 39.7 Å². The van der Waals surface area contributed by atoms with Crippen molar-refractivity contribution in [3.8, 4) is 11.3 Å². The predicted octanol–water partition coefficient (Wildman–Crippen LogP) is 4.54. The first-order chi connectivity index (χ1) is 10.6. The third-order valence-electron chi connectivity index (χ3n) is 4.57. The molecule has 1 aliphatic heterocycles. The molecule has 0 aliphatic carbocycles. The van der Waals surface area contributed by atoms with E-state index in [1.807, 2.05) is 0 Å². The summed E-state index contributed by atoms with van der Waals surface area (Å²) in [7, 11) is 4.26. The monoisotopic (exact) mass is 354 g/mol. The highest BCUT2D eigenvalue weighted by molar-refractivity contribution is 9.10. The van der Waals surface area contributed by atoms with Crippen molar-refractivity contribution >= 4 is 26.8 Å². The lowest BCUT2D eigenvalue weighted by Crippen LogP contribution is -2.15. The fourth-order valence-corrected chi connectivity index (χ4v) is 3.97. The van der Waals surface area contributed by atoms with E-state index in [2.05, 4.69) is 82.0 Å². The molecule has 2 nitrogen and oxygen atoms in total. The van der Waals surface area contributed by atoms with Gasteiger partial charge >= 0.3 is 0 Å². The van der Waals surface area contributed by atoms with E-state index < -0.39 is 0 Å². The molecular formula is C19H19BrN2. The van der Waals surface area contributed by atoms with Crippen LogP contribution in [0.25, 0.3) is 22.2 Å². The van der Waals surface area contributed by atoms with Crippen molar-refractivity contribution in [3.63, 3.8) is 0 Å². The summed E-state index contributed by atoms with van der Waals surface area (Å²) in [5, 5.41) is 1.39. The molecule has 0 fully saturated rings. The number of likely N-dealkylation sites (N-methyl/N-ethyl adjacent to an activating group) is 1. The average molecular weight is 355 g/mol. The van der Waals surface area contributed by atoms with E-state index in [-0.39, 0.29) is 0 Å². The van der Waals surface area contributed by atoms with Crippen molar-refractivity contribution < 1.29 is 0 Å². The summed E-state index contributed by atoms with van der Waals surface area (Å²) in [6, 6.07) is 15.6. The highest BCUT2D eigenvalue weighted by Gasteiger charge is 2.22. The lowest BCUT2D eigenvalue weighted by molar-refractivity contribution is 0.414. The fraction of sp³-hybridized carbons (Fsp3) is 0.263. The van der Waals surface area contributed by atoms with Crippen molar-refractivity contribution in [2.75, 3.05) is 20.6 Å². The summed E-state index contributed by atoms with van der Waals surface area (Å²) >= 11 is 3.75. The fourth-order valence-electron chi connectivity index (χ4n) is 3.43. The molecule has 0 saturated carbocycles. The van der Waals surface area contributed by atoms with Gasteiger partial charge in [0.1, 0.15) is 0 Å². The summed E-state index contributed by atoms with van der Waals surface area (Å²) in [4.78, 5) is 2.24. The molecule has 0 saturated heterocycles. The normalized spacial score (nSPS) is 12.9. The Hall–Kier alpha value is -1.58. The Morgan fingerprint density at radius 1 is 1.14 bits per heavy atom. The number of hydrogen-bond acceptors (Lipinski definition) is 1. The van der Waals surface area contributed by atoms with E-state index in [1.54, 1.807) is 0 Å². The Kier molecular flexibility index (Phi) is 3.35. The van der Waals surface area contributed by atoms with Crippen LogP contribution >= 0.6 is 15.9 Å². The summed E-state index contributed by atoms with van der Waals surface area (Å²) in [5.41, 5.74) is 6.94. The lowest BCUT2D eigenvalue weighted by atomic mass is 10.0. The molecule has 3 aromatic rings. The van der Waals surface area contributed by atoms with Gasteiger partial charge in [0.2, 0.25) is 0 Å². The van der Waals surface area contributed by atoms with Gasteiger partial charge in [-0.1, -0.05) is 40.2 Å². The van der Waals surface area contributed by atoms with E-state index in [1.165, 1.54) is 37.8 Å². The largest absolute Gasteiger partial charge is 0.336 e. The first kappa shape index (κ1) is 14.0. The maximum Gasteiger partial charge on any atom is 0.0498 e. The van der Waals surface area contributed by atoms with Crippen molar-refractivity contribution in [2.24, 2.45) is 0 Å². The van der Waals surface area contributed by atoms with Crippen LogP contribution in [0.15, 0.2) is 46.9 Å². The van der Waals surface area contributed by atoms with Crippen LogP contribution in [0.4, 0.5) is 0 Å². The second-order valence-corrected chi connectivity index (χ2v) is 7.14. The third-order valence-corrected chi connectivity index (χ3v) is 5.31. The van der Waals surface area contributed by atoms with E-state index in [4.69, 9.17) is 0 Å². The van der Waals surface area contributed by atoms with Crippen molar-refractivity contribution in [3.05, 3.63) is 58.1 Å². The first-order valence-corrected chi connectivity index (χ1v) is 8.48. The van der Waals surface area contributed by atoms with E-state index in [0.29, 0.717) is 0 Å². The van der Waals surface area contributed by atoms with Gasteiger partial charge in [-0.15, -0.1) is 0 Å². The Morgan fingerprint density at radius 2 is 1.95 bits per heavy atom. The molecule has 1 aliphatic rings. The van der Waals surface area contributed by atoms with Gasteiger partial charge in [-0.3, -0.25) is 0 Å². The standard InChI is InChI=1S/C19H19BrN2/c1-21(2)10-9-15-16-11-19-14-6-4-3-5-13(14)12-22(19)18(16)8-7-17(15)20/h3-8,11H,9-10,12H2,1-2H3. The molecule has 4 rings (SSSR count). The highest BCUT2D eigenvalue weighted by Crippen LogP contribution is 2.39. The van der Waals surface area contributed by atoms with Crippen LogP contribution in [0.1, 0.15) is 11.1 Å². The SMILES string of the molecule is CN(C)CCc1c(Br)ccc2c1cc1n2Cc2ccccc2-1. The van der Waals surface area contributed by atoms with Crippen LogP contribution in [0.5, 0.6) is 0 Å². The molecule has 0 unspecified atom stereocenters. The molecule has 0 atom stereocenters. The second kappa shape index (κ2) is 5.25. The van der Waals surface area contributed by atoms with Gasteiger partial charge in [-0.25, -0.2) is 0 Å². The average Bonchev–Trinajstić information content (AvgIpc) is 3.02. The number of fused-ring (bicyclic) bond motifs is 5. The maximum atomic E-state index is 3.75. The number of halogens is 1. The molecule has 2 aromatic carbocycles. The molecule has 0 amide bonds. The van der Waals surface area contributed by atoms with Gasteiger partial charge < -0.3 is 9.47 Å². The van der Waals surface area contributed by atoms with Crippen LogP contribution in [-0.4, -0.2) is 30.1 Å². The predicted molar refractivity (Wildman–Crippen MR) is 96.4 cm³/mol. The Morgan fingerprint density at radius 3 is 2.77 bits per heavy atom. The van der Waals surface area contributed by atoms with Crippen LogP contribution < -0.4 is 0 Å². The third kappa shape index (κ3) is 2.11. The minimum atomic E-state index is 0.990. The maximum absolute atomic E-state index is 3.75. The first-order valence-electron chi connectivity index (χ1n) is 7.69. The van der Waals surface area contributed by atoms with Gasteiger partial charge in [-0.2, -0.15) is 0 Å². The molecule has 0 radical (unpaired) electrons. The molecule has 112 valence electrons. The molecule has 0 bridgehead atoms. The topological polar surface area (TPSA) is 8.17 Å². The Labute approximate surface area is 139 Å². The molecule has 1 aromatic heterocycles. The minimum absolute atomic E-state index is 0.990. The number of hydrogen-bond donors (Lipinski definition) is 0. The van der Waals surface area contributed by atoms with Crippen molar-refractivity contribution in [2.45, 2.75) is 13.0 Å². The molecule has 2 heterocycles. The Bertz CT molecular complexity index is 861. The number of rotatable bonds is 3. The molecule has 22 heavy (non-hydrogen) atoms. The zero-order chi connectivity index (χ0) is 15.3. The second-order valence-electron chi connectivity index (χ2n) is 6.28. The zero-order valence-electron chi connectivity index (χ0n) is 12.9. The van der Waals surface area contributed by atoms with Crippen molar-refractivity contribution in [1.29, 1.82) is 0 Å². The molecular weight excluding hydrogens is 336 g/mol. The van der Waals surface area contributed by atoms with E-state index in [0.717, 1.165) is 19.5 Å². The van der Waals surface area contributed by atoms with Gasteiger partial charge in [-0.05, 0) is 49.8 Å². The molecule has 3 heteroatoms.